The van der Waals surface area contributed by atoms with Crippen LogP contribution in [0.1, 0.15) is 19.4 Å². The first-order chi connectivity index (χ1) is 10.3. The van der Waals surface area contributed by atoms with Gasteiger partial charge in [-0.05, 0) is 24.6 Å². The molecule has 0 atom stereocenters. The SMILES string of the molecule is CC.COCCn1cnc(-c2ccc3c(C)cnn3c2)c1. The van der Waals surface area contributed by atoms with E-state index in [2.05, 4.69) is 29.1 Å². The van der Waals surface area contributed by atoms with E-state index in [0.717, 1.165) is 23.3 Å². The summed E-state index contributed by atoms with van der Waals surface area (Å²) in [6.45, 7) is 7.56. The molecule has 3 rings (SSSR count). The van der Waals surface area contributed by atoms with Crippen LogP contribution in [0.5, 0.6) is 0 Å². The van der Waals surface area contributed by atoms with E-state index in [1.54, 1.807) is 7.11 Å². The fraction of sp³-hybridized carbons (Fsp3) is 0.375. The van der Waals surface area contributed by atoms with E-state index < -0.39 is 0 Å². The smallest absolute Gasteiger partial charge is 0.0954 e. The van der Waals surface area contributed by atoms with Gasteiger partial charge in [0.2, 0.25) is 0 Å². The summed E-state index contributed by atoms with van der Waals surface area (Å²) >= 11 is 0. The zero-order chi connectivity index (χ0) is 15.2. The minimum absolute atomic E-state index is 0.688. The van der Waals surface area contributed by atoms with E-state index >= 15 is 0 Å². The van der Waals surface area contributed by atoms with E-state index in [0.29, 0.717) is 6.61 Å². The molecule has 5 nitrogen and oxygen atoms in total. The number of methoxy groups -OCH3 is 1. The first-order valence-corrected chi connectivity index (χ1v) is 7.23. The number of nitrogens with zero attached hydrogens (tertiary/aromatic N) is 4. The minimum Gasteiger partial charge on any atom is -0.383 e. The summed E-state index contributed by atoms with van der Waals surface area (Å²) in [6, 6.07) is 4.15. The van der Waals surface area contributed by atoms with Crippen LogP contribution in [0.3, 0.4) is 0 Å². The van der Waals surface area contributed by atoms with E-state index in [9.17, 15) is 0 Å². The minimum atomic E-state index is 0.688. The van der Waals surface area contributed by atoms with Crippen molar-refractivity contribution >= 4 is 5.52 Å². The monoisotopic (exact) mass is 286 g/mol. The Kier molecular flexibility index (Phi) is 5.11. The first kappa shape index (κ1) is 15.3. The summed E-state index contributed by atoms with van der Waals surface area (Å²) in [5.41, 5.74) is 4.32. The quantitative estimate of drug-likeness (QED) is 0.740. The summed E-state index contributed by atoms with van der Waals surface area (Å²) in [5.74, 6) is 0. The molecule has 0 unspecified atom stereocenters. The molecule has 3 heterocycles. The van der Waals surface area contributed by atoms with Gasteiger partial charge in [-0.3, -0.25) is 0 Å². The number of aryl methyl sites for hydroxylation is 1. The van der Waals surface area contributed by atoms with Crippen molar-refractivity contribution in [3.05, 3.63) is 42.6 Å². The van der Waals surface area contributed by atoms with Crippen LogP contribution in [0.2, 0.25) is 0 Å². The zero-order valence-electron chi connectivity index (χ0n) is 13.1. The lowest BCUT2D eigenvalue weighted by atomic mass is 10.2. The Hall–Kier alpha value is -2.14. The molecule has 0 saturated carbocycles. The zero-order valence-corrected chi connectivity index (χ0v) is 13.1. The molecule has 0 bridgehead atoms. The topological polar surface area (TPSA) is 44.3 Å². The highest BCUT2D eigenvalue weighted by molar-refractivity contribution is 5.63. The summed E-state index contributed by atoms with van der Waals surface area (Å²) in [4.78, 5) is 4.42. The summed E-state index contributed by atoms with van der Waals surface area (Å²) in [7, 11) is 1.70. The van der Waals surface area contributed by atoms with E-state index in [-0.39, 0.29) is 0 Å². The third kappa shape index (κ3) is 3.31. The van der Waals surface area contributed by atoms with Gasteiger partial charge in [-0.2, -0.15) is 5.10 Å². The van der Waals surface area contributed by atoms with Crippen LogP contribution in [0.15, 0.2) is 37.1 Å². The Morgan fingerprint density at radius 3 is 2.76 bits per heavy atom. The van der Waals surface area contributed by atoms with E-state index in [1.807, 2.05) is 47.8 Å². The van der Waals surface area contributed by atoms with Crippen LogP contribution in [-0.4, -0.2) is 32.9 Å². The molecule has 0 aromatic carbocycles. The molecule has 0 aliphatic heterocycles. The van der Waals surface area contributed by atoms with Crippen LogP contribution < -0.4 is 0 Å². The highest BCUT2D eigenvalue weighted by atomic mass is 16.5. The number of hydrogen-bond acceptors (Lipinski definition) is 3. The maximum Gasteiger partial charge on any atom is 0.0954 e. The standard InChI is InChI=1S/C14H16N4O.C2H6/c1-11-7-16-18-8-12(3-4-14(11)18)13-9-17(10-15-13)5-6-19-2;1-2/h3-4,7-10H,5-6H2,1-2H3;1-2H3. The Bertz CT molecular complexity index is 699. The number of pyridine rings is 1. The Balaban J connectivity index is 0.000000774. The molecule has 0 radical (unpaired) electrons. The van der Waals surface area contributed by atoms with Gasteiger partial charge in [0.25, 0.3) is 0 Å². The molecule has 21 heavy (non-hydrogen) atoms. The number of fused-ring (bicyclic) bond motifs is 1. The molecule has 112 valence electrons. The van der Waals surface area contributed by atoms with Crippen LogP contribution in [-0.2, 0) is 11.3 Å². The molecule has 3 aromatic rings. The summed E-state index contributed by atoms with van der Waals surface area (Å²) in [6.07, 6.45) is 7.73. The van der Waals surface area contributed by atoms with Gasteiger partial charge in [0.15, 0.2) is 0 Å². The predicted molar refractivity (Wildman–Crippen MR) is 84.4 cm³/mol. The van der Waals surface area contributed by atoms with Gasteiger partial charge in [0.05, 0.1) is 30.3 Å². The summed E-state index contributed by atoms with van der Waals surface area (Å²) in [5, 5.41) is 4.32. The molecule has 0 amide bonds. The number of hydrogen-bond donors (Lipinski definition) is 0. The van der Waals surface area contributed by atoms with Gasteiger partial charge < -0.3 is 9.30 Å². The second-order valence-electron chi connectivity index (χ2n) is 4.56. The van der Waals surface area contributed by atoms with Crippen molar-refractivity contribution in [3.63, 3.8) is 0 Å². The van der Waals surface area contributed by atoms with Gasteiger partial charge in [0.1, 0.15) is 0 Å². The fourth-order valence-electron chi connectivity index (χ4n) is 2.09. The third-order valence-corrected chi connectivity index (χ3v) is 3.19. The van der Waals surface area contributed by atoms with E-state index in [1.165, 1.54) is 5.56 Å². The maximum atomic E-state index is 5.06. The highest BCUT2D eigenvalue weighted by Gasteiger charge is 2.05. The lowest BCUT2D eigenvalue weighted by Crippen LogP contribution is -2.00. The lowest BCUT2D eigenvalue weighted by Gasteiger charge is -2.00. The van der Waals surface area contributed by atoms with Crippen molar-refractivity contribution in [2.24, 2.45) is 0 Å². The lowest BCUT2D eigenvalue weighted by molar-refractivity contribution is 0.187. The van der Waals surface area contributed by atoms with Crippen molar-refractivity contribution in [2.75, 3.05) is 13.7 Å². The Morgan fingerprint density at radius 2 is 2.00 bits per heavy atom. The number of ether oxygens (including phenoxy) is 1. The van der Waals surface area contributed by atoms with Crippen LogP contribution in [0, 0.1) is 6.92 Å². The second-order valence-corrected chi connectivity index (χ2v) is 4.56. The first-order valence-electron chi connectivity index (χ1n) is 7.23. The van der Waals surface area contributed by atoms with Gasteiger partial charge in [0, 0.05) is 31.6 Å². The highest BCUT2D eigenvalue weighted by Crippen LogP contribution is 2.19. The number of imidazole rings is 1. The number of rotatable bonds is 4. The van der Waals surface area contributed by atoms with Gasteiger partial charge >= 0.3 is 0 Å². The molecule has 0 fully saturated rings. The molecule has 5 heteroatoms. The van der Waals surface area contributed by atoms with Gasteiger partial charge in [-0.15, -0.1) is 0 Å². The average molecular weight is 286 g/mol. The van der Waals surface area contributed by atoms with Crippen LogP contribution >= 0.6 is 0 Å². The number of aromatic nitrogens is 4. The normalized spacial score (nSPS) is 10.5. The average Bonchev–Trinajstić information content (AvgIpc) is 3.14. The maximum absolute atomic E-state index is 5.06. The van der Waals surface area contributed by atoms with Gasteiger partial charge in [-0.1, -0.05) is 13.8 Å². The molecule has 3 aromatic heterocycles. The summed E-state index contributed by atoms with van der Waals surface area (Å²) < 4.78 is 8.97. The molecular formula is C16H22N4O. The Labute approximate surface area is 125 Å². The van der Waals surface area contributed by atoms with Crippen LogP contribution in [0.4, 0.5) is 0 Å². The fourth-order valence-corrected chi connectivity index (χ4v) is 2.09. The molecule has 0 N–H and O–H groups in total. The molecule has 0 spiro atoms. The predicted octanol–water partition coefficient (Wildman–Crippen LogP) is 3.18. The second kappa shape index (κ2) is 7.04. The molecular weight excluding hydrogens is 264 g/mol. The third-order valence-electron chi connectivity index (χ3n) is 3.19. The Morgan fingerprint density at radius 1 is 1.19 bits per heavy atom. The van der Waals surface area contributed by atoms with Crippen molar-refractivity contribution < 1.29 is 4.74 Å². The van der Waals surface area contributed by atoms with Crippen molar-refractivity contribution in [2.45, 2.75) is 27.3 Å². The van der Waals surface area contributed by atoms with Crippen molar-refractivity contribution in [1.82, 2.24) is 19.2 Å². The van der Waals surface area contributed by atoms with E-state index in [4.69, 9.17) is 4.74 Å². The van der Waals surface area contributed by atoms with Gasteiger partial charge in [-0.25, -0.2) is 9.50 Å². The molecule has 0 aliphatic carbocycles. The van der Waals surface area contributed by atoms with Crippen molar-refractivity contribution in [3.8, 4) is 11.3 Å². The molecule has 0 saturated heterocycles. The van der Waals surface area contributed by atoms with Crippen LogP contribution in [0.25, 0.3) is 16.8 Å². The van der Waals surface area contributed by atoms with Crippen molar-refractivity contribution in [1.29, 1.82) is 0 Å². The largest absolute Gasteiger partial charge is 0.383 e. The molecule has 0 aliphatic rings.